The number of allylic oxidation sites excluding steroid dienone is 2. The van der Waals surface area contributed by atoms with E-state index in [2.05, 4.69) is 24.0 Å². The van der Waals surface area contributed by atoms with Crippen LogP contribution >= 0.6 is 0 Å². The Morgan fingerprint density at radius 3 is 2.26 bits per heavy atom. The van der Waals surface area contributed by atoms with Crippen molar-refractivity contribution in [2.75, 3.05) is 6.61 Å². The third kappa shape index (κ3) is 8.13. The molecule has 4 atom stereocenters. The number of ketones is 1. The molecule has 1 fully saturated rings. The Balaban J connectivity index is 1.40. The summed E-state index contributed by atoms with van der Waals surface area (Å²) in [4.78, 5) is 24.2. The first-order valence-electron chi connectivity index (χ1n) is 13.0. The zero-order valence-electron chi connectivity index (χ0n) is 19.6. The molecule has 3 nitrogen and oxygen atoms in total. The molecule has 0 aliphatic heterocycles. The fraction of sp³-hybridized carbons (Fsp3) is 0.786. The lowest BCUT2D eigenvalue weighted by molar-refractivity contribution is -0.146. The Bertz CT molecular complexity index is 649. The quantitative estimate of drug-likeness (QED) is 0.161. The largest absolute Gasteiger partial charge is 0.465 e. The molecule has 2 unspecified atom stereocenters. The lowest BCUT2D eigenvalue weighted by atomic mass is 9.78. The maximum atomic E-state index is 12.7. The van der Waals surface area contributed by atoms with E-state index in [0.717, 1.165) is 63.2 Å². The molecule has 172 valence electrons. The maximum absolute atomic E-state index is 12.7. The van der Waals surface area contributed by atoms with E-state index in [4.69, 9.17) is 4.74 Å². The highest BCUT2D eigenvalue weighted by Crippen LogP contribution is 2.52. The first-order valence-corrected chi connectivity index (χ1v) is 13.0. The molecular weight excluding hydrogens is 384 g/mol. The standard InChI is InChI=1S/C28H42O3/c1-2-24(29)17-11-7-10-15-22-14-8-3-4-9-16-23(22)20-28(30)31-21-27-25-18-12-5-6-13-19-26(25)27/h3-4,22-23,25-27H,2,7-21H2,1H3/b4-3+/t22-,23+,25?,26?,27?/m1/s1. The fourth-order valence-corrected chi connectivity index (χ4v) is 5.80. The van der Waals surface area contributed by atoms with Gasteiger partial charge in [0.25, 0.3) is 0 Å². The molecule has 0 aromatic carbocycles. The lowest BCUT2D eigenvalue weighted by Gasteiger charge is -2.27. The van der Waals surface area contributed by atoms with Gasteiger partial charge in [-0.25, -0.2) is 0 Å². The number of ether oxygens (including phenoxy) is 1. The van der Waals surface area contributed by atoms with Gasteiger partial charge >= 0.3 is 5.97 Å². The topological polar surface area (TPSA) is 43.4 Å². The van der Waals surface area contributed by atoms with Crippen LogP contribution in [0.4, 0.5) is 0 Å². The molecule has 3 rings (SSSR count). The molecule has 3 aliphatic rings. The van der Waals surface area contributed by atoms with Crippen LogP contribution in [-0.2, 0) is 14.3 Å². The van der Waals surface area contributed by atoms with Crippen molar-refractivity contribution < 1.29 is 14.3 Å². The van der Waals surface area contributed by atoms with Crippen LogP contribution in [0, 0.1) is 41.4 Å². The van der Waals surface area contributed by atoms with E-state index < -0.39 is 0 Å². The van der Waals surface area contributed by atoms with Crippen LogP contribution in [0.3, 0.4) is 0 Å². The molecule has 0 bridgehead atoms. The summed E-state index contributed by atoms with van der Waals surface area (Å²) in [6.45, 7) is 2.57. The van der Waals surface area contributed by atoms with Crippen molar-refractivity contribution in [2.45, 2.75) is 103 Å². The summed E-state index contributed by atoms with van der Waals surface area (Å²) in [6.07, 6.45) is 19.9. The van der Waals surface area contributed by atoms with E-state index in [-0.39, 0.29) is 5.97 Å². The molecule has 0 N–H and O–H groups in total. The minimum absolute atomic E-state index is 0.0172. The average molecular weight is 427 g/mol. The molecule has 0 saturated heterocycles. The van der Waals surface area contributed by atoms with E-state index in [0.29, 0.717) is 43.0 Å². The van der Waals surface area contributed by atoms with Crippen LogP contribution in [0.15, 0.2) is 12.2 Å². The monoisotopic (exact) mass is 426 g/mol. The Hall–Kier alpha value is -1.56. The summed E-state index contributed by atoms with van der Waals surface area (Å²) < 4.78 is 5.81. The first-order chi connectivity index (χ1) is 15.2. The SMILES string of the molecule is CCC(=O)CCCCC[C@H]1CC/C=C/CC[C@H]1CC(=O)OCC1C2CCC#CCCC21. The molecule has 0 heterocycles. The number of hydrogen-bond donors (Lipinski definition) is 0. The number of rotatable bonds is 11. The molecule has 0 aromatic rings. The van der Waals surface area contributed by atoms with Gasteiger partial charge in [-0.05, 0) is 74.5 Å². The highest BCUT2D eigenvalue weighted by atomic mass is 16.5. The minimum atomic E-state index is 0.0172. The zero-order chi connectivity index (χ0) is 21.9. The summed E-state index contributed by atoms with van der Waals surface area (Å²) >= 11 is 0. The van der Waals surface area contributed by atoms with Crippen molar-refractivity contribution in [2.24, 2.45) is 29.6 Å². The van der Waals surface area contributed by atoms with Gasteiger partial charge in [-0.3, -0.25) is 9.59 Å². The van der Waals surface area contributed by atoms with Crippen LogP contribution < -0.4 is 0 Å². The Morgan fingerprint density at radius 1 is 0.903 bits per heavy atom. The zero-order valence-corrected chi connectivity index (χ0v) is 19.6. The summed E-state index contributed by atoms with van der Waals surface area (Å²) in [5, 5.41) is 0. The molecule has 0 radical (unpaired) electrons. The molecule has 0 aromatic heterocycles. The van der Waals surface area contributed by atoms with Gasteiger partial charge in [0.05, 0.1) is 6.61 Å². The summed E-state index contributed by atoms with van der Waals surface area (Å²) in [7, 11) is 0. The van der Waals surface area contributed by atoms with Crippen LogP contribution in [-0.4, -0.2) is 18.4 Å². The number of hydrogen-bond acceptors (Lipinski definition) is 3. The van der Waals surface area contributed by atoms with Crippen LogP contribution in [0.2, 0.25) is 0 Å². The van der Waals surface area contributed by atoms with Gasteiger partial charge in [0.1, 0.15) is 5.78 Å². The maximum Gasteiger partial charge on any atom is 0.306 e. The van der Waals surface area contributed by atoms with Crippen LogP contribution in [0.1, 0.15) is 103 Å². The number of fused-ring (bicyclic) bond motifs is 1. The Kier molecular flexibility index (Phi) is 10.2. The van der Waals surface area contributed by atoms with Crippen LogP contribution in [0.5, 0.6) is 0 Å². The molecular formula is C28H42O3. The van der Waals surface area contributed by atoms with Gasteiger partial charge in [0, 0.05) is 32.1 Å². The highest BCUT2D eigenvalue weighted by Gasteiger charge is 2.49. The van der Waals surface area contributed by atoms with Crippen molar-refractivity contribution in [3.63, 3.8) is 0 Å². The van der Waals surface area contributed by atoms with Crippen LogP contribution in [0.25, 0.3) is 0 Å². The molecule has 1 saturated carbocycles. The van der Waals surface area contributed by atoms with Gasteiger partial charge in [-0.15, -0.1) is 11.8 Å². The van der Waals surface area contributed by atoms with E-state index in [1.807, 2.05) is 6.92 Å². The molecule has 3 heteroatoms. The lowest BCUT2D eigenvalue weighted by Crippen LogP contribution is -2.21. The summed E-state index contributed by atoms with van der Waals surface area (Å²) in [5.74, 6) is 10.00. The minimum Gasteiger partial charge on any atom is -0.465 e. The molecule has 0 spiro atoms. The van der Waals surface area contributed by atoms with Crippen molar-refractivity contribution in [3.8, 4) is 11.8 Å². The van der Waals surface area contributed by atoms with Gasteiger partial charge in [-0.2, -0.15) is 0 Å². The Morgan fingerprint density at radius 2 is 1.58 bits per heavy atom. The van der Waals surface area contributed by atoms with E-state index in [1.165, 1.54) is 32.1 Å². The molecule has 31 heavy (non-hydrogen) atoms. The van der Waals surface area contributed by atoms with E-state index in [9.17, 15) is 9.59 Å². The number of carbonyl (C=O) groups is 2. The van der Waals surface area contributed by atoms with Gasteiger partial charge in [-0.1, -0.05) is 38.3 Å². The predicted octanol–water partition coefficient (Wildman–Crippen LogP) is 6.65. The molecule has 3 aliphatic carbocycles. The Labute approximate surface area is 189 Å². The van der Waals surface area contributed by atoms with Gasteiger partial charge in [0.15, 0.2) is 0 Å². The normalized spacial score (nSPS) is 30.9. The van der Waals surface area contributed by atoms with Crippen molar-refractivity contribution in [3.05, 3.63) is 12.2 Å². The second-order valence-corrected chi connectivity index (χ2v) is 9.95. The second-order valence-electron chi connectivity index (χ2n) is 9.95. The van der Waals surface area contributed by atoms with Gasteiger partial charge in [0.2, 0.25) is 0 Å². The number of esters is 1. The summed E-state index contributed by atoms with van der Waals surface area (Å²) in [5.41, 5.74) is 0. The fourth-order valence-electron chi connectivity index (χ4n) is 5.80. The van der Waals surface area contributed by atoms with E-state index in [1.54, 1.807) is 0 Å². The highest BCUT2D eigenvalue weighted by molar-refractivity contribution is 5.77. The molecule has 0 amide bonds. The number of unbranched alkanes of at least 4 members (excludes halogenated alkanes) is 2. The predicted molar refractivity (Wildman–Crippen MR) is 125 cm³/mol. The third-order valence-electron chi connectivity index (χ3n) is 7.87. The number of Topliss-reactive ketones (excluding diaryl/α,β-unsaturated/α-hetero) is 1. The summed E-state index contributed by atoms with van der Waals surface area (Å²) in [6, 6.07) is 0. The average Bonchev–Trinajstić information content (AvgIpc) is 3.38. The first kappa shape index (κ1) is 24.1. The third-order valence-corrected chi connectivity index (χ3v) is 7.87. The van der Waals surface area contributed by atoms with Crippen molar-refractivity contribution >= 4 is 11.8 Å². The smallest absolute Gasteiger partial charge is 0.306 e. The number of carbonyl (C=O) groups excluding carboxylic acids is 2. The van der Waals surface area contributed by atoms with Crippen molar-refractivity contribution in [1.29, 1.82) is 0 Å². The second kappa shape index (κ2) is 13.1. The van der Waals surface area contributed by atoms with E-state index >= 15 is 0 Å². The van der Waals surface area contributed by atoms with Crippen molar-refractivity contribution in [1.82, 2.24) is 0 Å². The van der Waals surface area contributed by atoms with Gasteiger partial charge < -0.3 is 4.74 Å².